The maximum Gasteiger partial charge on any atom is 0.408 e. The minimum Gasteiger partial charge on any atom is -0.439 e. The summed E-state index contributed by atoms with van der Waals surface area (Å²) in [6, 6.07) is 9.61. The first-order valence-corrected chi connectivity index (χ1v) is 6.91. The van der Waals surface area contributed by atoms with Crippen LogP contribution in [0.4, 0.5) is 4.79 Å². The molecule has 0 bridgehead atoms. The standard InChI is InChI=1S/C15H22N2O4/c1-15(2,3)16-14(18)21-13(11-17(19)20)10-9-12-7-5-4-6-8-12/h4-8,13H,9-11H2,1-3H3,(H,16,18)/t13-/m1/s1. The highest BCUT2D eigenvalue weighted by atomic mass is 16.6. The summed E-state index contributed by atoms with van der Waals surface area (Å²) in [4.78, 5) is 21.9. The lowest BCUT2D eigenvalue weighted by Crippen LogP contribution is -2.43. The summed E-state index contributed by atoms with van der Waals surface area (Å²) in [5, 5.41) is 13.3. The van der Waals surface area contributed by atoms with Gasteiger partial charge in [-0.25, -0.2) is 4.79 Å². The van der Waals surface area contributed by atoms with E-state index in [0.717, 1.165) is 5.56 Å². The van der Waals surface area contributed by atoms with Crippen LogP contribution in [-0.2, 0) is 11.2 Å². The molecule has 1 rings (SSSR count). The van der Waals surface area contributed by atoms with Crippen LogP contribution < -0.4 is 5.32 Å². The highest BCUT2D eigenvalue weighted by Crippen LogP contribution is 2.09. The summed E-state index contributed by atoms with van der Waals surface area (Å²) < 4.78 is 5.17. The van der Waals surface area contributed by atoms with Crippen LogP contribution in [-0.4, -0.2) is 29.2 Å². The Morgan fingerprint density at radius 3 is 2.48 bits per heavy atom. The Balaban J connectivity index is 2.55. The minimum absolute atomic E-state index is 0.385. The number of amides is 1. The van der Waals surface area contributed by atoms with Gasteiger partial charge in [-0.05, 0) is 39.2 Å². The molecule has 0 fully saturated rings. The maximum atomic E-state index is 11.7. The summed E-state index contributed by atoms with van der Waals surface area (Å²) in [6.07, 6.45) is -0.310. The lowest BCUT2D eigenvalue weighted by Gasteiger charge is -2.22. The number of ether oxygens (including phenoxy) is 1. The number of benzene rings is 1. The highest BCUT2D eigenvalue weighted by molar-refractivity contribution is 5.68. The first-order valence-electron chi connectivity index (χ1n) is 6.91. The molecule has 0 spiro atoms. The second-order valence-corrected chi connectivity index (χ2v) is 5.94. The number of carbonyl (C=O) groups is 1. The second-order valence-electron chi connectivity index (χ2n) is 5.94. The number of nitrogens with zero attached hydrogens (tertiary/aromatic N) is 1. The molecule has 0 aromatic heterocycles. The zero-order valence-electron chi connectivity index (χ0n) is 12.7. The summed E-state index contributed by atoms with van der Waals surface area (Å²) in [6.45, 7) is 5.08. The lowest BCUT2D eigenvalue weighted by atomic mass is 10.1. The monoisotopic (exact) mass is 294 g/mol. The number of hydrogen-bond donors (Lipinski definition) is 1. The Bertz CT molecular complexity index is 468. The van der Waals surface area contributed by atoms with E-state index in [1.165, 1.54) is 0 Å². The maximum absolute atomic E-state index is 11.7. The molecule has 1 aromatic rings. The second kappa shape index (κ2) is 7.61. The van der Waals surface area contributed by atoms with E-state index in [1.807, 2.05) is 51.1 Å². The molecule has 0 saturated carbocycles. The van der Waals surface area contributed by atoms with Crippen molar-refractivity contribution in [3.8, 4) is 0 Å². The number of nitro groups is 1. The van der Waals surface area contributed by atoms with Crippen LogP contribution in [0.2, 0.25) is 0 Å². The third-order valence-corrected chi connectivity index (χ3v) is 2.70. The molecule has 0 heterocycles. The molecule has 6 nitrogen and oxygen atoms in total. The molecule has 0 saturated heterocycles. The number of carbonyl (C=O) groups excluding carboxylic acids is 1. The van der Waals surface area contributed by atoms with Crippen LogP contribution in [0.1, 0.15) is 32.8 Å². The molecule has 0 radical (unpaired) electrons. The van der Waals surface area contributed by atoms with Crippen molar-refractivity contribution in [2.24, 2.45) is 0 Å². The molecule has 6 heteroatoms. The van der Waals surface area contributed by atoms with Crippen LogP contribution in [0.3, 0.4) is 0 Å². The van der Waals surface area contributed by atoms with Gasteiger partial charge >= 0.3 is 6.09 Å². The molecule has 1 aromatic carbocycles. The smallest absolute Gasteiger partial charge is 0.408 e. The van der Waals surface area contributed by atoms with Crippen LogP contribution in [0, 0.1) is 10.1 Å². The molecule has 21 heavy (non-hydrogen) atoms. The molecule has 0 aliphatic heterocycles. The fourth-order valence-electron chi connectivity index (χ4n) is 1.81. The van der Waals surface area contributed by atoms with Gasteiger partial charge in [0.1, 0.15) is 0 Å². The Morgan fingerprint density at radius 2 is 1.95 bits per heavy atom. The first-order chi connectivity index (χ1) is 9.76. The van der Waals surface area contributed by atoms with Crippen molar-refractivity contribution in [3.05, 3.63) is 46.0 Å². The molecule has 1 amide bonds. The van der Waals surface area contributed by atoms with Gasteiger partial charge in [0.25, 0.3) is 0 Å². The first kappa shape index (κ1) is 16.9. The van der Waals surface area contributed by atoms with Gasteiger partial charge in [0.05, 0.1) is 0 Å². The van der Waals surface area contributed by atoms with Crippen LogP contribution in [0.25, 0.3) is 0 Å². The van der Waals surface area contributed by atoms with Crippen LogP contribution >= 0.6 is 0 Å². The minimum atomic E-state index is -0.734. The average molecular weight is 294 g/mol. The van der Waals surface area contributed by atoms with E-state index in [0.29, 0.717) is 12.8 Å². The van der Waals surface area contributed by atoms with E-state index in [9.17, 15) is 14.9 Å². The Labute approximate surface area is 124 Å². The Kier molecular flexibility index (Phi) is 6.14. The van der Waals surface area contributed by atoms with Gasteiger partial charge in [-0.15, -0.1) is 0 Å². The average Bonchev–Trinajstić information content (AvgIpc) is 2.34. The van der Waals surface area contributed by atoms with Crippen molar-refractivity contribution in [1.82, 2.24) is 5.32 Å². The predicted octanol–water partition coefficient (Wildman–Crippen LogP) is 2.79. The van der Waals surface area contributed by atoms with Crippen molar-refractivity contribution < 1.29 is 14.5 Å². The Morgan fingerprint density at radius 1 is 1.33 bits per heavy atom. The summed E-state index contributed by atoms with van der Waals surface area (Å²) in [5.41, 5.74) is 0.626. The zero-order chi connectivity index (χ0) is 15.9. The third kappa shape index (κ3) is 7.91. The fourth-order valence-corrected chi connectivity index (χ4v) is 1.81. The van der Waals surface area contributed by atoms with Crippen molar-refractivity contribution >= 4 is 6.09 Å². The molecule has 0 aliphatic carbocycles. The van der Waals surface area contributed by atoms with E-state index < -0.39 is 22.7 Å². The van der Waals surface area contributed by atoms with Gasteiger partial charge in [-0.1, -0.05) is 30.3 Å². The van der Waals surface area contributed by atoms with Crippen LogP contribution in [0.15, 0.2) is 30.3 Å². The molecular weight excluding hydrogens is 272 g/mol. The van der Waals surface area contributed by atoms with Gasteiger partial charge in [-0.3, -0.25) is 10.1 Å². The van der Waals surface area contributed by atoms with Gasteiger partial charge in [-0.2, -0.15) is 0 Å². The molecule has 116 valence electrons. The largest absolute Gasteiger partial charge is 0.439 e. The summed E-state index contributed by atoms with van der Waals surface area (Å²) in [5.74, 6) is 0. The number of aryl methyl sites for hydroxylation is 1. The summed E-state index contributed by atoms with van der Waals surface area (Å²) >= 11 is 0. The van der Waals surface area contributed by atoms with E-state index >= 15 is 0 Å². The molecule has 1 atom stereocenters. The number of alkyl carbamates (subject to hydrolysis) is 1. The molecule has 0 unspecified atom stereocenters. The summed E-state index contributed by atoms with van der Waals surface area (Å²) in [7, 11) is 0. The van der Waals surface area contributed by atoms with E-state index in [1.54, 1.807) is 0 Å². The van der Waals surface area contributed by atoms with Crippen molar-refractivity contribution in [2.45, 2.75) is 45.3 Å². The molecule has 0 aliphatic rings. The van der Waals surface area contributed by atoms with Gasteiger partial charge in [0.2, 0.25) is 6.54 Å². The number of hydrogen-bond acceptors (Lipinski definition) is 4. The number of rotatable bonds is 6. The van der Waals surface area contributed by atoms with Gasteiger partial charge < -0.3 is 10.1 Å². The molecular formula is C15H22N2O4. The predicted molar refractivity (Wildman–Crippen MR) is 79.8 cm³/mol. The lowest BCUT2D eigenvalue weighted by molar-refractivity contribution is -0.490. The SMILES string of the molecule is CC(C)(C)NC(=O)O[C@H](CCc1ccccc1)C[N+](=O)[O-]. The van der Waals surface area contributed by atoms with Gasteiger partial charge in [0, 0.05) is 10.5 Å². The highest BCUT2D eigenvalue weighted by Gasteiger charge is 2.22. The fraction of sp³-hybridized carbons (Fsp3) is 0.533. The topological polar surface area (TPSA) is 81.5 Å². The normalized spacial score (nSPS) is 12.5. The number of nitrogens with one attached hydrogen (secondary N) is 1. The Hall–Kier alpha value is -2.11. The van der Waals surface area contributed by atoms with E-state index in [4.69, 9.17) is 4.74 Å². The van der Waals surface area contributed by atoms with E-state index in [2.05, 4.69) is 5.32 Å². The van der Waals surface area contributed by atoms with Crippen molar-refractivity contribution in [2.75, 3.05) is 6.54 Å². The van der Waals surface area contributed by atoms with E-state index in [-0.39, 0.29) is 6.54 Å². The van der Waals surface area contributed by atoms with Crippen molar-refractivity contribution in [3.63, 3.8) is 0 Å². The third-order valence-electron chi connectivity index (χ3n) is 2.70. The van der Waals surface area contributed by atoms with Crippen LogP contribution in [0.5, 0.6) is 0 Å². The zero-order valence-corrected chi connectivity index (χ0v) is 12.7. The van der Waals surface area contributed by atoms with Crippen molar-refractivity contribution in [1.29, 1.82) is 0 Å². The van der Waals surface area contributed by atoms with Gasteiger partial charge in [0.15, 0.2) is 6.10 Å². The quantitative estimate of drug-likeness (QED) is 0.646. The molecule has 1 N–H and O–H groups in total.